The molecule has 0 spiro atoms. The average Bonchev–Trinajstić information content (AvgIpc) is 3.21. The second-order valence-electron chi connectivity index (χ2n) is 5.83. The third-order valence-electron chi connectivity index (χ3n) is 3.71. The van der Waals surface area contributed by atoms with Crippen molar-refractivity contribution in [2.24, 2.45) is 0 Å². The zero-order valence-corrected chi connectivity index (χ0v) is 15.3. The largest absolute Gasteiger partial charge is 0.586 e. The average molecular weight is 405 g/mol. The van der Waals surface area contributed by atoms with Crippen LogP contribution in [0, 0.1) is 6.92 Å². The molecule has 3 aromatic rings. The lowest BCUT2D eigenvalue weighted by Gasteiger charge is -2.07. The van der Waals surface area contributed by atoms with Crippen LogP contribution in [-0.4, -0.2) is 22.3 Å². The predicted octanol–water partition coefficient (Wildman–Crippen LogP) is 4.24. The summed E-state index contributed by atoms with van der Waals surface area (Å²) in [5, 5.41) is 6.36. The molecule has 1 aliphatic rings. The van der Waals surface area contributed by atoms with Gasteiger partial charge in [-0.1, -0.05) is 5.16 Å². The summed E-state index contributed by atoms with van der Waals surface area (Å²) in [5.41, 5.74) is 0.733. The number of nitrogens with zero attached hydrogens (tertiary/aromatic N) is 2. The van der Waals surface area contributed by atoms with E-state index in [1.54, 1.807) is 31.2 Å². The first-order chi connectivity index (χ1) is 13.4. The van der Waals surface area contributed by atoms with Crippen LogP contribution < -0.4 is 14.8 Å². The van der Waals surface area contributed by atoms with Crippen LogP contribution in [-0.2, 0) is 5.75 Å². The summed E-state index contributed by atoms with van der Waals surface area (Å²) in [4.78, 5) is 17.4. The van der Waals surface area contributed by atoms with Gasteiger partial charge in [-0.2, -0.15) is 4.98 Å². The van der Waals surface area contributed by atoms with E-state index in [0.29, 0.717) is 28.7 Å². The van der Waals surface area contributed by atoms with Crippen LogP contribution in [0.1, 0.15) is 22.1 Å². The van der Waals surface area contributed by atoms with E-state index >= 15 is 0 Å². The first-order valence-electron chi connectivity index (χ1n) is 8.11. The predicted molar refractivity (Wildman–Crippen MR) is 95.6 cm³/mol. The maximum Gasteiger partial charge on any atom is 0.586 e. The van der Waals surface area contributed by atoms with Crippen LogP contribution in [0.2, 0.25) is 0 Å². The van der Waals surface area contributed by atoms with E-state index in [2.05, 4.69) is 24.9 Å². The second kappa shape index (κ2) is 7.12. The Bertz CT molecular complexity index is 1020. The number of amides is 1. The van der Waals surface area contributed by atoms with Crippen molar-refractivity contribution in [2.75, 3.05) is 5.32 Å². The van der Waals surface area contributed by atoms with Gasteiger partial charge in [-0.3, -0.25) is 4.79 Å². The van der Waals surface area contributed by atoms with Crippen LogP contribution in [0.25, 0.3) is 0 Å². The molecule has 0 bridgehead atoms. The number of thioether (sulfide) groups is 1. The molecule has 10 heteroatoms. The van der Waals surface area contributed by atoms with Crippen molar-refractivity contribution >= 4 is 23.4 Å². The third kappa shape index (κ3) is 4.06. The fourth-order valence-electron chi connectivity index (χ4n) is 2.48. The van der Waals surface area contributed by atoms with Crippen LogP contribution in [0.4, 0.5) is 14.5 Å². The highest BCUT2D eigenvalue weighted by Gasteiger charge is 2.43. The molecular weight excluding hydrogens is 392 g/mol. The lowest BCUT2D eigenvalue weighted by molar-refractivity contribution is -0.286. The van der Waals surface area contributed by atoms with Gasteiger partial charge in [0.1, 0.15) is 0 Å². The lowest BCUT2D eigenvalue weighted by atomic mass is 10.2. The van der Waals surface area contributed by atoms with E-state index in [1.165, 1.54) is 30.0 Å². The SMILES string of the molecule is Cc1noc(CSc2ccc(C(=O)Nc3ccc4c(c3)OC(F)(F)O4)cc2)n1. The van der Waals surface area contributed by atoms with E-state index in [1.807, 2.05) is 0 Å². The molecule has 4 rings (SSSR count). The molecule has 7 nitrogen and oxygen atoms in total. The first-order valence-corrected chi connectivity index (χ1v) is 9.10. The molecule has 144 valence electrons. The number of alkyl halides is 2. The van der Waals surface area contributed by atoms with Crippen LogP contribution in [0.5, 0.6) is 11.5 Å². The van der Waals surface area contributed by atoms with Gasteiger partial charge in [-0.25, -0.2) is 0 Å². The summed E-state index contributed by atoms with van der Waals surface area (Å²) in [6.07, 6.45) is -3.70. The number of benzene rings is 2. The molecule has 1 N–H and O–H groups in total. The van der Waals surface area contributed by atoms with Crippen LogP contribution >= 0.6 is 11.8 Å². The number of hydrogen-bond donors (Lipinski definition) is 1. The van der Waals surface area contributed by atoms with Gasteiger partial charge < -0.3 is 19.3 Å². The molecule has 0 fully saturated rings. The Balaban J connectivity index is 1.37. The number of fused-ring (bicyclic) bond motifs is 1. The Kier molecular flexibility index (Phi) is 4.63. The molecule has 1 amide bonds. The molecular formula is C18H13F2N3O4S. The van der Waals surface area contributed by atoms with Gasteiger partial charge in [0.05, 0.1) is 5.75 Å². The summed E-state index contributed by atoms with van der Waals surface area (Å²) < 4.78 is 39.9. The van der Waals surface area contributed by atoms with E-state index in [9.17, 15) is 13.6 Å². The Morgan fingerprint density at radius 3 is 2.61 bits per heavy atom. The highest BCUT2D eigenvalue weighted by molar-refractivity contribution is 7.98. The van der Waals surface area contributed by atoms with Gasteiger partial charge in [-0.15, -0.1) is 20.5 Å². The van der Waals surface area contributed by atoms with Crippen molar-refractivity contribution in [3.05, 3.63) is 59.7 Å². The number of halogens is 2. The molecule has 0 saturated carbocycles. The van der Waals surface area contributed by atoms with Gasteiger partial charge in [-0.05, 0) is 43.3 Å². The molecule has 0 radical (unpaired) electrons. The minimum absolute atomic E-state index is 0.0826. The first kappa shape index (κ1) is 18.2. The number of nitrogens with one attached hydrogen (secondary N) is 1. The normalized spacial score (nSPS) is 14.1. The number of aromatic nitrogens is 2. The van der Waals surface area contributed by atoms with Crippen molar-refractivity contribution in [3.63, 3.8) is 0 Å². The maximum atomic E-state index is 13.1. The maximum absolute atomic E-state index is 13.1. The van der Waals surface area contributed by atoms with Crippen molar-refractivity contribution < 1.29 is 27.6 Å². The summed E-state index contributed by atoms with van der Waals surface area (Å²) in [6, 6.07) is 11.0. The Morgan fingerprint density at radius 1 is 1.14 bits per heavy atom. The number of rotatable bonds is 5. The second-order valence-corrected chi connectivity index (χ2v) is 6.88. The molecule has 0 saturated heterocycles. The molecule has 0 aliphatic carbocycles. The van der Waals surface area contributed by atoms with E-state index in [-0.39, 0.29) is 17.4 Å². The van der Waals surface area contributed by atoms with Gasteiger partial charge in [0.2, 0.25) is 5.89 Å². The quantitative estimate of drug-likeness (QED) is 0.635. The van der Waals surface area contributed by atoms with Crippen LogP contribution in [0.3, 0.4) is 0 Å². The molecule has 1 aliphatic heterocycles. The number of hydrogen-bond acceptors (Lipinski definition) is 7. The molecule has 28 heavy (non-hydrogen) atoms. The summed E-state index contributed by atoms with van der Waals surface area (Å²) in [5.74, 6) is 1.03. The van der Waals surface area contributed by atoms with E-state index in [0.717, 1.165) is 4.90 Å². The highest BCUT2D eigenvalue weighted by atomic mass is 32.2. The highest BCUT2D eigenvalue weighted by Crippen LogP contribution is 2.42. The monoisotopic (exact) mass is 405 g/mol. The Hall–Kier alpha value is -3.14. The zero-order chi connectivity index (χ0) is 19.7. The van der Waals surface area contributed by atoms with E-state index < -0.39 is 6.29 Å². The molecule has 2 aromatic carbocycles. The van der Waals surface area contributed by atoms with Crippen molar-refractivity contribution in [2.45, 2.75) is 23.9 Å². The van der Waals surface area contributed by atoms with Gasteiger partial charge in [0.25, 0.3) is 5.91 Å². The topological polar surface area (TPSA) is 86.5 Å². The van der Waals surface area contributed by atoms with Crippen molar-refractivity contribution in [3.8, 4) is 11.5 Å². The fourth-order valence-corrected chi connectivity index (χ4v) is 3.21. The molecule has 0 unspecified atom stereocenters. The summed E-state index contributed by atoms with van der Waals surface area (Å²) in [7, 11) is 0. The Labute approximate surface area is 162 Å². The Morgan fingerprint density at radius 2 is 1.89 bits per heavy atom. The lowest BCUT2D eigenvalue weighted by Crippen LogP contribution is -2.25. The number of carbonyl (C=O) groups is 1. The fraction of sp³-hybridized carbons (Fsp3) is 0.167. The summed E-state index contributed by atoms with van der Waals surface area (Å²) in [6.45, 7) is 1.75. The minimum Gasteiger partial charge on any atom is -0.395 e. The van der Waals surface area contributed by atoms with E-state index in [4.69, 9.17) is 4.52 Å². The molecule has 2 heterocycles. The number of anilines is 1. The van der Waals surface area contributed by atoms with Gasteiger partial charge in [0, 0.05) is 22.2 Å². The smallest absolute Gasteiger partial charge is 0.395 e. The number of aryl methyl sites for hydroxylation is 1. The number of ether oxygens (including phenoxy) is 2. The van der Waals surface area contributed by atoms with Gasteiger partial charge in [0.15, 0.2) is 17.3 Å². The third-order valence-corrected chi connectivity index (χ3v) is 4.70. The zero-order valence-electron chi connectivity index (χ0n) is 14.4. The standard InChI is InChI=1S/C18H13F2N3O4S/c1-10-21-16(27-23-10)9-28-13-5-2-11(3-6-13)17(24)22-12-4-7-14-15(8-12)26-18(19,20)25-14/h2-8H,9H2,1H3,(H,22,24). The molecule has 1 aromatic heterocycles. The van der Waals surface area contributed by atoms with Crippen molar-refractivity contribution in [1.29, 1.82) is 0 Å². The van der Waals surface area contributed by atoms with Crippen molar-refractivity contribution in [1.82, 2.24) is 10.1 Å². The summed E-state index contributed by atoms with van der Waals surface area (Å²) >= 11 is 1.50. The van der Waals surface area contributed by atoms with Gasteiger partial charge >= 0.3 is 6.29 Å². The van der Waals surface area contributed by atoms with Crippen LogP contribution in [0.15, 0.2) is 51.9 Å². The minimum atomic E-state index is -3.70. The number of carbonyl (C=O) groups excluding carboxylic acids is 1. The molecule has 0 atom stereocenters.